The van der Waals surface area contributed by atoms with Gasteiger partial charge < -0.3 is 0 Å². The Labute approximate surface area is 126 Å². The summed E-state index contributed by atoms with van der Waals surface area (Å²) in [6.45, 7) is 1.36. The quantitative estimate of drug-likeness (QED) is 0.821. The third-order valence-corrected chi connectivity index (χ3v) is 6.10. The molecule has 8 heteroatoms. The van der Waals surface area contributed by atoms with E-state index in [1.54, 1.807) is 0 Å². The van der Waals surface area contributed by atoms with Gasteiger partial charge in [-0.25, -0.2) is 8.42 Å². The zero-order valence-corrected chi connectivity index (χ0v) is 12.9. The molecule has 1 heterocycles. The van der Waals surface area contributed by atoms with Crippen molar-refractivity contribution in [2.24, 2.45) is 0 Å². The minimum atomic E-state index is -4.57. The van der Waals surface area contributed by atoms with Gasteiger partial charge in [-0.15, -0.1) is 0 Å². The van der Waals surface area contributed by atoms with E-state index in [4.69, 9.17) is 11.6 Å². The molecule has 1 unspecified atom stereocenters. The zero-order valence-electron chi connectivity index (χ0n) is 11.3. The second-order valence-electron chi connectivity index (χ2n) is 5.03. The summed E-state index contributed by atoms with van der Waals surface area (Å²) in [5.41, 5.74) is 0.269. The first-order chi connectivity index (χ1) is 9.65. The summed E-state index contributed by atoms with van der Waals surface area (Å²) in [4.78, 5) is -0.161. The smallest absolute Gasteiger partial charge is 0.207 e. The Kier molecular flexibility index (Phi) is 4.56. The summed E-state index contributed by atoms with van der Waals surface area (Å²) in [7, 11) is -4.22. The number of rotatable bonds is 2. The van der Waals surface area contributed by atoms with Crippen molar-refractivity contribution < 1.29 is 21.6 Å². The molecule has 1 aromatic carbocycles. The number of nitrogens with zero attached hydrogens (tertiary/aromatic N) is 1. The van der Waals surface area contributed by atoms with Gasteiger partial charge in [-0.1, -0.05) is 24.1 Å². The summed E-state index contributed by atoms with van der Waals surface area (Å²) in [6.07, 6.45) is -3.99. The monoisotopic (exact) mass is 341 g/mol. The lowest BCUT2D eigenvalue weighted by Gasteiger charge is -2.36. The molecule has 0 saturated carbocycles. The highest BCUT2D eigenvalue weighted by Gasteiger charge is 2.49. The average molecular weight is 342 g/mol. The fourth-order valence-corrected chi connectivity index (χ4v) is 4.67. The second-order valence-corrected chi connectivity index (χ2v) is 7.30. The molecule has 1 fully saturated rings. The van der Waals surface area contributed by atoms with Crippen LogP contribution in [0.2, 0.25) is 5.02 Å². The molecule has 1 aliphatic heterocycles. The molecule has 1 aliphatic rings. The van der Waals surface area contributed by atoms with E-state index < -0.39 is 22.2 Å². The standard InChI is InChI=1S/C13H15ClF3NO2S/c1-9-10(14)5-4-6-11(9)21(19,20)18-8-3-2-7-12(18)13(15,16)17/h4-6,12H,2-3,7-8H2,1H3. The normalized spacial score (nSPS) is 21.5. The van der Waals surface area contributed by atoms with Crippen molar-refractivity contribution in [2.75, 3.05) is 6.54 Å². The van der Waals surface area contributed by atoms with Crippen LogP contribution in [0.1, 0.15) is 24.8 Å². The SMILES string of the molecule is Cc1c(Cl)cccc1S(=O)(=O)N1CCCCC1C(F)(F)F. The Balaban J connectivity index is 2.49. The number of halogens is 4. The van der Waals surface area contributed by atoms with Gasteiger partial charge in [-0.05, 0) is 37.5 Å². The van der Waals surface area contributed by atoms with Crippen molar-refractivity contribution >= 4 is 21.6 Å². The van der Waals surface area contributed by atoms with E-state index >= 15 is 0 Å². The minimum Gasteiger partial charge on any atom is -0.207 e. The van der Waals surface area contributed by atoms with Crippen LogP contribution in [0.25, 0.3) is 0 Å². The highest BCUT2D eigenvalue weighted by Crippen LogP contribution is 2.36. The number of piperidine rings is 1. The number of hydrogen-bond acceptors (Lipinski definition) is 2. The zero-order chi connectivity index (χ0) is 15.8. The van der Waals surface area contributed by atoms with Gasteiger partial charge in [0.1, 0.15) is 6.04 Å². The van der Waals surface area contributed by atoms with Gasteiger partial charge in [-0.3, -0.25) is 0 Å². The van der Waals surface area contributed by atoms with Crippen molar-refractivity contribution in [1.82, 2.24) is 4.31 Å². The van der Waals surface area contributed by atoms with Crippen molar-refractivity contribution in [3.05, 3.63) is 28.8 Å². The molecular weight excluding hydrogens is 327 g/mol. The Hall–Kier alpha value is -0.790. The molecule has 0 bridgehead atoms. The lowest BCUT2D eigenvalue weighted by atomic mass is 10.0. The van der Waals surface area contributed by atoms with Gasteiger partial charge in [0.15, 0.2) is 0 Å². The number of hydrogen-bond donors (Lipinski definition) is 0. The van der Waals surface area contributed by atoms with Crippen molar-refractivity contribution in [3.8, 4) is 0 Å². The van der Waals surface area contributed by atoms with Gasteiger partial charge in [0.25, 0.3) is 0 Å². The summed E-state index contributed by atoms with van der Waals surface area (Å²) < 4.78 is 65.0. The highest BCUT2D eigenvalue weighted by atomic mass is 35.5. The maximum absolute atomic E-state index is 13.1. The van der Waals surface area contributed by atoms with E-state index in [1.807, 2.05) is 0 Å². The fourth-order valence-electron chi connectivity index (χ4n) is 2.51. The van der Waals surface area contributed by atoms with Gasteiger partial charge in [0.05, 0.1) is 4.90 Å². The highest BCUT2D eigenvalue weighted by molar-refractivity contribution is 7.89. The van der Waals surface area contributed by atoms with Crippen LogP contribution in [0.5, 0.6) is 0 Å². The van der Waals surface area contributed by atoms with E-state index in [0.29, 0.717) is 17.1 Å². The molecule has 0 amide bonds. The number of alkyl halides is 3. The Morgan fingerprint density at radius 1 is 1.29 bits per heavy atom. The summed E-state index contributed by atoms with van der Waals surface area (Å²) >= 11 is 5.88. The summed E-state index contributed by atoms with van der Waals surface area (Å²) in [5, 5.41) is 0.219. The average Bonchev–Trinajstić information content (AvgIpc) is 2.41. The number of sulfonamides is 1. The molecule has 0 aromatic heterocycles. The Morgan fingerprint density at radius 2 is 1.95 bits per heavy atom. The first kappa shape index (κ1) is 16.6. The van der Waals surface area contributed by atoms with Crippen LogP contribution in [-0.4, -0.2) is 31.5 Å². The van der Waals surface area contributed by atoms with Crippen LogP contribution < -0.4 is 0 Å². The van der Waals surface area contributed by atoms with Crippen LogP contribution in [0.15, 0.2) is 23.1 Å². The largest absolute Gasteiger partial charge is 0.405 e. The van der Waals surface area contributed by atoms with Gasteiger partial charge in [0, 0.05) is 11.6 Å². The van der Waals surface area contributed by atoms with Crippen molar-refractivity contribution in [2.45, 2.75) is 43.3 Å². The van der Waals surface area contributed by atoms with Crippen LogP contribution in [0, 0.1) is 6.92 Å². The fraction of sp³-hybridized carbons (Fsp3) is 0.538. The molecule has 3 nitrogen and oxygen atoms in total. The van der Waals surface area contributed by atoms with Crippen LogP contribution in [0.3, 0.4) is 0 Å². The van der Waals surface area contributed by atoms with Gasteiger partial charge >= 0.3 is 6.18 Å². The Bertz CT molecular complexity index is 631. The lowest BCUT2D eigenvalue weighted by molar-refractivity contribution is -0.177. The van der Waals surface area contributed by atoms with E-state index in [-0.39, 0.29) is 28.4 Å². The topological polar surface area (TPSA) is 37.4 Å². The van der Waals surface area contributed by atoms with E-state index in [1.165, 1.54) is 25.1 Å². The van der Waals surface area contributed by atoms with Crippen LogP contribution in [0.4, 0.5) is 13.2 Å². The predicted molar refractivity (Wildman–Crippen MR) is 73.8 cm³/mol. The third kappa shape index (κ3) is 3.19. The molecule has 0 N–H and O–H groups in total. The molecular formula is C13H15ClF3NO2S. The molecule has 0 spiro atoms. The van der Waals surface area contributed by atoms with Crippen LogP contribution in [-0.2, 0) is 10.0 Å². The lowest BCUT2D eigenvalue weighted by Crippen LogP contribution is -2.51. The molecule has 0 radical (unpaired) electrons. The molecule has 0 aliphatic carbocycles. The van der Waals surface area contributed by atoms with Gasteiger partial charge in [0.2, 0.25) is 10.0 Å². The molecule has 118 valence electrons. The first-order valence-electron chi connectivity index (χ1n) is 6.49. The summed E-state index contributed by atoms with van der Waals surface area (Å²) in [5.74, 6) is 0. The van der Waals surface area contributed by atoms with Gasteiger partial charge in [-0.2, -0.15) is 17.5 Å². The van der Waals surface area contributed by atoms with Crippen LogP contribution >= 0.6 is 11.6 Å². The Morgan fingerprint density at radius 3 is 2.57 bits per heavy atom. The minimum absolute atomic E-state index is 0.127. The summed E-state index contributed by atoms with van der Waals surface area (Å²) in [6, 6.07) is 2.26. The molecule has 21 heavy (non-hydrogen) atoms. The van der Waals surface area contributed by atoms with E-state index in [0.717, 1.165) is 0 Å². The maximum Gasteiger partial charge on any atom is 0.405 e. The molecule has 1 atom stereocenters. The van der Waals surface area contributed by atoms with E-state index in [2.05, 4.69) is 0 Å². The molecule has 2 rings (SSSR count). The van der Waals surface area contributed by atoms with E-state index in [9.17, 15) is 21.6 Å². The molecule has 1 aromatic rings. The number of benzene rings is 1. The second kappa shape index (κ2) is 5.78. The third-order valence-electron chi connectivity index (χ3n) is 3.64. The first-order valence-corrected chi connectivity index (χ1v) is 8.31. The molecule has 1 saturated heterocycles. The predicted octanol–water partition coefficient (Wildman–Crippen LogP) is 3.75. The maximum atomic E-state index is 13.1. The van der Waals surface area contributed by atoms with Crippen molar-refractivity contribution in [1.29, 1.82) is 0 Å². The van der Waals surface area contributed by atoms with Crippen molar-refractivity contribution in [3.63, 3.8) is 0 Å².